The van der Waals surface area contributed by atoms with Crippen LogP contribution in [0.4, 0.5) is 8.78 Å². The van der Waals surface area contributed by atoms with Crippen molar-refractivity contribution in [3.05, 3.63) is 139 Å². The van der Waals surface area contributed by atoms with Crippen LogP contribution in [0.15, 0.2) is 84.3 Å². The number of carbonyl (C=O) groups is 1. The first kappa shape index (κ1) is 43.2. The van der Waals surface area contributed by atoms with E-state index >= 15 is 13.6 Å². The van der Waals surface area contributed by atoms with Gasteiger partial charge in [-0.3, -0.25) is 23.4 Å². The van der Waals surface area contributed by atoms with Crippen molar-refractivity contribution < 1.29 is 27.0 Å². The zero-order chi connectivity index (χ0) is 47.1. The predicted molar refractivity (Wildman–Crippen MR) is 246 cm³/mol. The molecule has 1 saturated carbocycles. The summed E-state index contributed by atoms with van der Waals surface area (Å²) in [6.45, 7) is 12.6. The quantitative estimate of drug-likeness (QED) is 0.171. The lowest BCUT2D eigenvalue weighted by atomic mass is 9.83. The molecule has 7 aromatic rings. The van der Waals surface area contributed by atoms with E-state index in [1.54, 1.807) is 41.6 Å². The van der Waals surface area contributed by atoms with Gasteiger partial charge in [0.05, 0.1) is 49.9 Å². The molecule has 67 heavy (non-hydrogen) atoms. The average Bonchev–Trinajstić information content (AvgIpc) is 3.77. The van der Waals surface area contributed by atoms with E-state index < -0.39 is 38.6 Å². The number of hydrogen-bond donors (Lipinski definition) is 1. The van der Waals surface area contributed by atoms with Gasteiger partial charge < -0.3 is 14.2 Å². The maximum absolute atomic E-state index is 16.4. The number of nitrogens with one attached hydrogen (secondary N) is 1. The van der Waals surface area contributed by atoms with Crippen LogP contribution >= 0.6 is 0 Å². The molecule has 5 atom stereocenters. The lowest BCUT2D eigenvalue weighted by Crippen LogP contribution is -2.41. The molecule has 0 bridgehead atoms. The van der Waals surface area contributed by atoms with Gasteiger partial charge in [-0.2, -0.15) is 5.10 Å². The van der Waals surface area contributed by atoms with Crippen molar-refractivity contribution in [2.45, 2.75) is 102 Å². The number of imidazole rings is 1. The lowest BCUT2D eigenvalue weighted by molar-refractivity contribution is -0.0592. The fourth-order valence-corrected chi connectivity index (χ4v) is 12.7. The summed E-state index contributed by atoms with van der Waals surface area (Å²) in [6.07, 6.45) is 7.38. The minimum Gasteiger partial charge on any atom is -0.376 e. The van der Waals surface area contributed by atoms with Gasteiger partial charge in [0.25, 0.3) is 5.91 Å². The molecule has 1 aliphatic carbocycles. The number of H-pyrrole nitrogens is 1. The zero-order valence-electron chi connectivity index (χ0n) is 38.4. The number of fused-ring (bicyclic) bond motifs is 3. The van der Waals surface area contributed by atoms with Gasteiger partial charge in [0, 0.05) is 60.3 Å². The van der Waals surface area contributed by atoms with Crippen molar-refractivity contribution in [1.82, 2.24) is 38.5 Å². The van der Waals surface area contributed by atoms with Crippen molar-refractivity contribution in [1.29, 1.82) is 0 Å². The lowest BCUT2D eigenvalue weighted by Gasteiger charge is -2.35. The molecule has 7 heterocycles. The van der Waals surface area contributed by atoms with Crippen molar-refractivity contribution in [3.63, 3.8) is 0 Å². The normalized spacial score (nSPS) is 24.4. The highest BCUT2D eigenvalue weighted by Gasteiger charge is 2.59. The van der Waals surface area contributed by atoms with Crippen molar-refractivity contribution in [3.8, 4) is 17.2 Å². The Morgan fingerprint density at radius 2 is 1.70 bits per heavy atom. The number of nitrogens with zero attached hydrogens (tertiary/aromatic N) is 8. The number of rotatable bonds is 7. The molecule has 0 radical (unpaired) electrons. The van der Waals surface area contributed by atoms with Crippen molar-refractivity contribution in [2.24, 2.45) is 10.3 Å². The molecule has 4 aliphatic rings. The maximum Gasteiger partial charge on any atom is 0.438 e. The first-order chi connectivity index (χ1) is 31.9. The van der Waals surface area contributed by atoms with Crippen molar-refractivity contribution >= 4 is 26.5 Å². The maximum atomic E-state index is 16.4. The highest BCUT2D eigenvalue weighted by molar-refractivity contribution is 7.93. The molecule has 4 aromatic heterocycles. The summed E-state index contributed by atoms with van der Waals surface area (Å²) in [6, 6.07) is 13.9. The van der Waals surface area contributed by atoms with Crippen LogP contribution in [0.25, 0.3) is 28.1 Å². The van der Waals surface area contributed by atoms with Gasteiger partial charge in [-0.1, -0.05) is 18.1 Å². The van der Waals surface area contributed by atoms with Gasteiger partial charge in [0.2, 0.25) is 0 Å². The van der Waals surface area contributed by atoms with Gasteiger partial charge in [0.1, 0.15) is 22.9 Å². The molecule has 1 amide bonds. The van der Waals surface area contributed by atoms with E-state index in [-0.39, 0.29) is 59.9 Å². The minimum atomic E-state index is -2.80. The second-order valence-electron chi connectivity index (χ2n) is 19.5. The summed E-state index contributed by atoms with van der Waals surface area (Å²) < 4.78 is 66.4. The van der Waals surface area contributed by atoms with E-state index in [4.69, 9.17) is 14.4 Å². The summed E-state index contributed by atoms with van der Waals surface area (Å²) in [5, 5.41) is 10.1. The van der Waals surface area contributed by atoms with Crippen LogP contribution in [0, 0.1) is 31.4 Å². The number of halogens is 2. The molecule has 0 spiro atoms. The Morgan fingerprint density at radius 1 is 0.955 bits per heavy atom. The third kappa shape index (κ3) is 6.64. The van der Waals surface area contributed by atoms with Crippen LogP contribution in [0.3, 0.4) is 0 Å². The predicted octanol–water partition coefficient (Wildman–Crippen LogP) is 7.57. The molecule has 1 N–H and O–H groups in total. The van der Waals surface area contributed by atoms with Crippen LogP contribution in [-0.2, 0) is 32.8 Å². The van der Waals surface area contributed by atoms with Crippen LogP contribution in [0.5, 0.6) is 0 Å². The molecule has 3 aliphatic heterocycles. The molecule has 15 nitrogen and oxygen atoms in total. The smallest absolute Gasteiger partial charge is 0.376 e. The highest BCUT2D eigenvalue weighted by atomic mass is 32.2. The largest absolute Gasteiger partial charge is 0.438 e. The fourth-order valence-electron chi connectivity index (χ4n) is 11.2. The van der Waals surface area contributed by atoms with Crippen LogP contribution in [0.1, 0.15) is 109 Å². The summed E-state index contributed by atoms with van der Waals surface area (Å²) in [5.74, 6) is -1.07. The Balaban J connectivity index is 1.06. The van der Waals surface area contributed by atoms with E-state index in [2.05, 4.69) is 53.5 Å². The number of carbonyl (C=O) groups excluding carboxylic acids is 1. The number of aryl methyl sites for hydroxylation is 2. The van der Waals surface area contributed by atoms with Gasteiger partial charge in [-0.15, -0.1) is 0 Å². The van der Waals surface area contributed by atoms with Gasteiger partial charge >= 0.3 is 11.4 Å². The highest BCUT2D eigenvalue weighted by Crippen LogP contribution is 2.56. The van der Waals surface area contributed by atoms with Gasteiger partial charge in [0.15, 0.2) is 11.6 Å². The summed E-state index contributed by atoms with van der Waals surface area (Å²) in [7, 11) is -2.80. The first-order valence-electron chi connectivity index (χ1n) is 22.7. The van der Waals surface area contributed by atoms with E-state index in [1.165, 1.54) is 33.9 Å². The third-order valence-electron chi connectivity index (χ3n) is 14.7. The second-order valence-corrected chi connectivity index (χ2v) is 21.8. The van der Waals surface area contributed by atoms with Crippen molar-refractivity contribution in [2.75, 3.05) is 26.0 Å². The average molecular weight is 932 g/mol. The molecule has 348 valence electrons. The Labute approximate surface area is 384 Å². The molecule has 11 rings (SSSR count). The number of benzene rings is 3. The standard InChI is InChI=1S/C49H51F2N9O6S/c1-26-20-33(21-27(2)41(26)50)60-43(58-18-17-57(47(58)63)37-10-11-39-34(42(37)51)12-15-52-67(39,7)64)40-29(4)56(16-13-35(40)54-60)44(61)38-23-32-22-30(31-14-19-65-48(5,6)25-31)8-9-36(32)59(38)49(24-28(49)3)45-53-46(62)66-55-45/h8-11,17-18,20-23,28-29,31H,12-16,19,24-25H2,1-7H3,(H,53,55,62)/t28-,29-,31-,49-,67-/m0/s1. The Kier molecular flexibility index (Phi) is 9.70. The van der Waals surface area contributed by atoms with Gasteiger partial charge in [-0.25, -0.2) is 31.6 Å². The van der Waals surface area contributed by atoms with Gasteiger partial charge in [-0.05, 0) is 131 Å². The Hall–Kier alpha value is -6.40. The van der Waals surface area contributed by atoms with E-state index in [0.29, 0.717) is 69.8 Å². The molecule has 2 fully saturated rings. The number of ether oxygens (including phenoxy) is 1. The molecule has 18 heteroatoms. The number of amides is 1. The summed E-state index contributed by atoms with van der Waals surface area (Å²) >= 11 is 0. The first-order valence-corrected chi connectivity index (χ1v) is 24.7. The van der Waals surface area contributed by atoms with E-state index in [9.17, 15) is 13.8 Å². The third-order valence-corrected chi connectivity index (χ3v) is 16.5. The molecular formula is C49H51F2N9O6S. The number of aromatic amines is 1. The molecular weight excluding hydrogens is 881 g/mol. The van der Waals surface area contributed by atoms with E-state index in [1.807, 2.05) is 17.6 Å². The Morgan fingerprint density at radius 3 is 2.40 bits per heavy atom. The number of aromatic nitrogens is 7. The second kappa shape index (κ2) is 15.1. The van der Waals surface area contributed by atoms with Crippen LogP contribution in [0.2, 0.25) is 0 Å². The fraction of sp³-hybridized carbons (Fsp3) is 0.408. The Bertz CT molecular complexity index is 3470. The SMILES string of the molecule is Cc1cc(-n2nc3c(c2-n2ccn(-c4ccc5c(c4F)CCN=[S@@]5(C)=O)c2=O)[C@H](C)N(C(=O)c2cc4cc([C@H]5CCOC(C)(C)C5)ccc4n2[C@@]2(c4noc(=O)[nH]4)C[C@@H]2C)CC3)cc(C)c1F. The molecule has 1 saturated heterocycles. The van der Waals surface area contributed by atoms with E-state index in [0.717, 1.165) is 29.3 Å². The molecule has 3 aromatic carbocycles. The topological polar surface area (TPSA) is 168 Å². The number of hydrogen-bond acceptors (Lipinski definition) is 9. The molecule has 0 unspecified atom stereocenters. The summed E-state index contributed by atoms with van der Waals surface area (Å²) in [4.78, 5) is 47.7. The minimum absolute atomic E-state index is 0.00827. The zero-order valence-corrected chi connectivity index (χ0v) is 39.2. The van der Waals surface area contributed by atoms with Crippen LogP contribution < -0.4 is 11.4 Å². The monoisotopic (exact) mass is 931 g/mol. The van der Waals surface area contributed by atoms with Crippen LogP contribution in [-0.4, -0.2) is 80.2 Å². The summed E-state index contributed by atoms with van der Waals surface area (Å²) in [5.41, 5.74) is 3.37.